The van der Waals surface area contributed by atoms with Crippen molar-refractivity contribution >= 4 is 34.5 Å². The number of nitrogens with one attached hydrogen (secondary N) is 1. The van der Waals surface area contributed by atoms with Gasteiger partial charge in [0.2, 0.25) is 5.91 Å². The maximum atomic E-state index is 12.9. The van der Waals surface area contributed by atoms with Gasteiger partial charge in [0.25, 0.3) is 5.91 Å². The van der Waals surface area contributed by atoms with Crippen molar-refractivity contribution in [1.82, 2.24) is 0 Å². The van der Waals surface area contributed by atoms with Gasteiger partial charge in [-0.2, -0.15) is 0 Å². The van der Waals surface area contributed by atoms with Gasteiger partial charge in [0.15, 0.2) is 0 Å². The Morgan fingerprint density at radius 2 is 1.89 bits per heavy atom. The highest BCUT2D eigenvalue weighted by molar-refractivity contribution is 7.10. The first kappa shape index (κ1) is 17.5. The summed E-state index contributed by atoms with van der Waals surface area (Å²) >= 11 is 1.58. The fourth-order valence-electron chi connectivity index (χ4n) is 3.40. The van der Waals surface area contributed by atoms with Crippen LogP contribution in [0.2, 0.25) is 0 Å². The first-order valence-electron chi connectivity index (χ1n) is 9.03. The minimum atomic E-state index is -0.0228. The van der Waals surface area contributed by atoms with Gasteiger partial charge in [-0.15, -0.1) is 11.3 Å². The molecular weight excluding hydrogens is 356 g/mol. The number of thiophene rings is 1. The first-order valence-corrected chi connectivity index (χ1v) is 9.91. The minimum Gasteiger partial charge on any atom is -0.326 e. The maximum absolute atomic E-state index is 12.9. The number of fused-ring (bicyclic) bond motifs is 1. The molecule has 1 N–H and O–H groups in total. The van der Waals surface area contributed by atoms with Crippen LogP contribution in [0, 0.1) is 0 Å². The summed E-state index contributed by atoms with van der Waals surface area (Å²) in [5.74, 6) is -0.00328. The molecule has 27 heavy (non-hydrogen) atoms. The van der Waals surface area contributed by atoms with E-state index < -0.39 is 0 Å². The number of rotatable bonds is 4. The van der Waals surface area contributed by atoms with Gasteiger partial charge in [0.1, 0.15) is 0 Å². The first-order chi connectivity index (χ1) is 13.2. The Labute approximate surface area is 162 Å². The average molecular weight is 376 g/mol. The second-order valence-corrected chi connectivity index (χ2v) is 7.61. The highest BCUT2D eigenvalue weighted by atomic mass is 32.1. The van der Waals surface area contributed by atoms with Gasteiger partial charge < -0.3 is 10.2 Å². The summed E-state index contributed by atoms with van der Waals surface area (Å²) in [6.07, 6.45) is 2.20. The van der Waals surface area contributed by atoms with Gasteiger partial charge in [-0.3, -0.25) is 9.59 Å². The van der Waals surface area contributed by atoms with Crippen molar-refractivity contribution in [3.8, 4) is 0 Å². The Balaban J connectivity index is 1.51. The molecule has 3 aromatic rings. The van der Waals surface area contributed by atoms with E-state index in [0.717, 1.165) is 34.7 Å². The molecule has 0 aliphatic carbocycles. The zero-order valence-corrected chi connectivity index (χ0v) is 15.7. The van der Waals surface area contributed by atoms with Crippen LogP contribution in [0.15, 0.2) is 66.0 Å². The number of amides is 2. The third-order valence-electron chi connectivity index (χ3n) is 4.66. The van der Waals surface area contributed by atoms with E-state index in [0.29, 0.717) is 18.5 Å². The molecule has 0 spiro atoms. The molecule has 2 amide bonds. The van der Waals surface area contributed by atoms with E-state index in [1.807, 2.05) is 70.9 Å². The van der Waals surface area contributed by atoms with Crippen molar-refractivity contribution in [1.29, 1.82) is 0 Å². The summed E-state index contributed by atoms with van der Waals surface area (Å²) in [4.78, 5) is 28.0. The number of carbonyl (C=O) groups excluding carboxylic acids is 2. The topological polar surface area (TPSA) is 49.4 Å². The molecule has 0 radical (unpaired) electrons. The van der Waals surface area contributed by atoms with Crippen molar-refractivity contribution in [3.05, 3.63) is 82.0 Å². The van der Waals surface area contributed by atoms with E-state index in [4.69, 9.17) is 0 Å². The monoisotopic (exact) mass is 376 g/mol. The molecule has 0 saturated heterocycles. The minimum absolute atomic E-state index is 0.0195. The summed E-state index contributed by atoms with van der Waals surface area (Å²) < 4.78 is 0. The van der Waals surface area contributed by atoms with Crippen LogP contribution >= 0.6 is 11.3 Å². The maximum Gasteiger partial charge on any atom is 0.258 e. The number of anilines is 2. The Bertz CT molecular complexity index is 952. The van der Waals surface area contributed by atoms with E-state index >= 15 is 0 Å². The molecule has 2 heterocycles. The Kier molecular flexibility index (Phi) is 5.03. The van der Waals surface area contributed by atoms with E-state index in [1.54, 1.807) is 11.3 Å². The van der Waals surface area contributed by atoms with Crippen molar-refractivity contribution in [2.24, 2.45) is 0 Å². The zero-order chi connectivity index (χ0) is 18.6. The highest BCUT2D eigenvalue weighted by Gasteiger charge is 2.23. The van der Waals surface area contributed by atoms with Crippen molar-refractivity contribution < 1.29 is 9.59 Å². The van der Waals surface area contributed by atoms with Crippen molar-refractivity contribution in [2.75, 3.05) is 16.8 Å². The number of hydrogen-bond acceptors (Lipinski definition) is 3. The van der Waals surface area contributed by atoms with Gasteiger partial charge in [-0.25, -0.2) is 0 Å². The lowest BCUT2D eigenvalue weighted by atomic mass is 10.00. The van der Waals surface area contributed by atoms with Gasteiger partial charge in [-0.05, 0) is 60.2 Å². The summed E-state index contributed by atoms with van der Waals surface area (Å²) in [6, 6.07) is 19.1. The van der Waals surface area contributed by atoms with Gasteiger partial charge in [0, 0.05) is 28.4 Å². The van der Waals surface area contributed by atoms with Crippen LogP contribution < -0.4 is 10.2 Å². The van der Waals surface area contributed by atoms with Crippen molar-refractivity contribution in [3.63, 3.8) is 0 Å². The number of hydrogen-bond donors (Lipinski definition) is 1. The molecular formula is C22H20N2O2S. The molecule has 0 unspecified atom stereocenters. The van der Waals surface area contributed by atoms with Crippen LogP contribution in [0.1, 0.15) is 27.2 Å². The molecule has 2 aromatic carbocycles. The van der Waals surface area contributed by atoms with Crippen LogP contribution in [0.3, 0.4) is 0 Å². The average Bonchev–Trinajstić information content (AvgIpc) is 3.20. The quantitative estimate of drug-likeness (QED) is 0.728. The SMILES string of the molecule is O=C(Cc1cccs1)Nc1ccc2c(c1)CCCN2C(=O)c1ccccc1. The van der Waals surface area contributed by atoms with Crippen LogP contribution in [-0.4, -0.2) is 18.4 Å². The molecule has 1 aliphatic heterocycles. The molecule has 1 aliphatic rings. The van der Waals surface area contributed by atoms with Crippen LogP contribution in [-0.2, 0) is 17.6 Å². The third-order valence-corrected chi connectivity index (χ3v) is 5.54. The molecule has 1 aromatic heterocycles. The fraction of sp³-hybridized carbons (Fsp3) is 0.182. The Hall–Kier alpha value is -2.92. The lowest BCUT2D eigenvalue weighted by Crippen LogP contribution is -2.35. The standard InChI is InChI=1S/C22H20N2O2S/c25-21(15-19-9-5-13-27-19)23-18-10-11-20-17(14-18)8-4-12-24(20)22(26)16-6-2-1-3-7-16/h1-3,5-7,9-11,13-14H,4,8,12,15H2,(H,23,25). The Morgan fingerprint density at radius 3 is 2.67 bits per heavy atom. The zero-order valence-electron chi connectivity index (χ0n) is 14.9. The normalized spacial score (nSPS) is 13.1. The van der Waals surface area contributed by atoms with Crippen LogP contribution in [0.25, 0.3) is 0 Å². The molecule has 4 rings (SSSR count). The predicted molar refractivity (Wildman–Crippen MR) is 110 cm³/mol. The van der Waals surface area contributed by atoms with E-state index in [-0.39, 0.29) is 11.8 Å². The Morgan fingerprint density at radius 1 is 1.04 bits per heavy atom. The van der Waals surface area contributed by atoms with Gasteiger partial charge >= 0.3 is 0 Å². The number of aryl methyl sites for hydroxylation is 1. The summed E-state index contributed by atoms with van der Waals surface area (Å²) in [5.41, 5.74) is 3.51. The van der Waals surface area contributed by atoms with E-state index in [9.17, 15) is 9.59 Å². The second-order valence-electron chi connectivity index (χ2n) is 6.57. The lowest BCUT2D eigenvalue weighted by Gasteiger charge is -2.30. The number of benzene rings is 2. The lowest BCUT2D eigenvalue weighted by molar-refractivity contribution is -0.115. The van der Waals surface area contributed by atoms with E-state index in [1.165, 1.54) is 0 Å². The van der Waals surface area contributed by atoms with Crippen LogP contribution in [0.5, 0.6) is 0 Å². The molecule has 0 saturated carbocycles. The summed E-state index contributed by atoms with van der Waals surface area (Å²) in [6.45, 7) is 0.713. The molecule has 0 bridgehead atoms. The van der Waals surface area contributed by atoms with Crippen LogP contribution in [0.4, 0.5) is 11.4 Å². The molecule has 4 nitrogen and oxygen atoms in total. The second kappa shape index (κ2) is 7.76. The number of nitrogens with zero attached hydrogens (tertiary/aromatic N) is 1. The van der Waals surface area contributed by atoms with Crippen molar-refractivity contribution in [2.45, 2.75) is 19.3 Å². The predicted octanol–water partition coefficient (Wildman–Crippen LogP) is 4.52. The summed E-state index contributed by atoms with van der Waals surface area (Å²) in [7, 11) is 0. The molecule has 5 heteroatoms. The summed E-state index contributed by atoms with van der Waals surface area (Å²) in [5, 5.41) is 4.94. The molecule has 136 valence electrons. The molecule has 0 fully saturated rings. The fourth-order valence-corrected chi connectivity index (χ4v) is 4.10. The number of carbonyl (C=O) groups is 2. The smallest absolute Gasteiger partial charge is 0.258 e. The third kappa shape index (κ3) is 3.93. The molecule has 0 atom stereocenters. The van der Waals surface area contributed by atoms with Gasteiger partial charge in [0.05, 0.1) is 6.42 Å². The highest BCUT2D eigenvalue weighted by Crippen LogP contribution is 2.31. The largest absolute Gasteiger partial charge is 0.326 e. The van der Waals surface area contributed by atoms with Gasteiger partial charge in [-0.1, -0.05) is 24.3 Å². The van der Waals surface area contributed by atoms with E-state index in [2.05, 4.69) is 5.32 Å².